The predicted octanol–water partition coefficient (Wildman–Crippen LogP) is 18.5. The van der Waals surface area contributed by atoms with Crippen LogP contribution in [-0.2, 0) is 49.3 Å². The number of ketones is 1. The third-order valence-electron chi connectivity index (χ3n) is 24.5. The van der Waals surface area contributed by atoms with Crippen LogP contribution in [0.5, 0.6) is 0 Å². The first-order valence-electron chi connectivity index (χ1n) is 47.6. The van der Waals surface area contributed by atoms with Crippen LogP contribution in [0.15, 0.2) is 227 Å². The molecule has 8 N–H and O–H groups in total. The van der Waals surface area contributed by atoms with Gasteiger partial charge in [0.2, 0.25) is 29.5 Å². The second-order valence-electron chi connectivity index (χ2n) is 38.2. The van der Waals surface area contributed by atoms with E-state index >= 15 is 0 Å². The molecule has 142 heavy (non-hydrogen) atoms. The smallest absolute Gasteiger partial charge is 0.433 e. The van der Waals surface area contributed by atoms with Crippen molar-refractivity contribution in [1.82, 2.24) is 70.1 Å². The molecule has 8 atom stereocenters. The van der Waals surface area contributed by atoms with Crippen molar-refractivity contribution >= 4 is 58.8 Å². The lowest BCUT2D eigenvalue weighted by Gasteiger charge is -2.35. The number of hydrogen-bond acceptors (Lipinski definition) is 18. The van der Waals surface area contributed by atoms with Gasteiger partial charge in [-0.1, -0.05) is 110 Å². The van der Waals surface area contributed by atoms with E-state index in [2.05, 4.69) is 58.1 Å². The normalized spacial score (nSPS) is 14.3. The fourth-order valence-corrected chi connectivity index (χ4v) is 17.5. The number of alkyl halides is 3. The first-order chi connectivity index (χ1) is 67.1. The molecule has 2 aromatic carbocycles. The van der Waals surface area contributed by atoms with Crippen molar-refractivity contribution in [2.75, 3.05) is 6.54 Å². The van der Waals surface area contributed by atoms with Gasteiger partial charge in [0.15, 0.2) is 5.69 Å². The number of allylic oxidation sites excluding steroid dienone is 4. The SMILES string of the molecule is C=C1NC(C)=C(c2cccc([C@H](CC(=O)O)NC(=O)[C@@H](CC(C)C)n3ccccc3=O)c2)C=C1C.CC(=O)C[C@H](NC(=O)[C@H](CC(C)C)n1ccc(C)cc1=O)c1cncc(-c2c(C)cncc2C)c1.Cc1ccccc1-c1cc([C@H](CC(=O)O)NC(=O)C(CC(C)C)N2CCCCC2=O)cnc1C(F)(F)F.Cc1ccn(C(CC(C)C)C(=O)N[C@@H](CC(=O)O)c2cncc(-c3c(C)ccnc3C)c2)c(=O)c1. The van der Waals surface area contributed by atoms with Gasteiger partial charge in [-0.2, -0.15) is 13.2 Å². The molecule has 10 heterocycles. The minimum absolute atomic E-state index is 0.0510. The molecule has 752 valence electrons. The number of benzene rings is 2. The number of aliphatic carboxylic acids is 3. The molecule has 0 radical (unpaired) electrons. The number of nitrogens with zero attached hydrogens (tertiary/aromatic N) is 9. The van der Waals surface area contributed by atoms with Gasteiger partial charge in [0.1, 0.15) is 30.0 Å². The van der Waals surface area contributed by atoms with Crippen molar-refractivity contribution in [2.45, 2.75) is 250 Å². The Kier molecular flexibility index (Phi) is 39.8. The Balaban J connectivity index is 0.000000211. The van der Waals surface area contributed by atoms with Gasteiger partial charge in [-0.3, -0.25) is 82.5 Å². The summed E-state index contributed by atoms with van der Waals surface area (Å²) in [6.45, 7) is 38.8. The number of pyridine rings is 8. The monoisotopic (exact) mass is 1940 g/mol. The Labute approximate surface area is 826 Å². The number of carbonyl (C=O) groups excluding carboxylic acids is 6. The van der Waals surface area contributed by atoms with E-state index in [0.29, 0.717) is 60.9 Å². The summed E-state index contributed by atoms with van der Waals surface area (Å²) in [6.07, 6.45) is 17.8. The summed E-state index contributed by atoms with van der Waals surface area (Å²) >= 11 is 0. The second-order valence-corrected chi connectivity index (χ2v) is 38.2. The molecule has 1 saturated heterocycles. The molecule has 12 rings (SSSR count). The highest BCUT2D eigenvalue weighted by atomic mass is 19.4. The van der Waals surface area contributed by atoms with Gasteiger partial charge < -0.3 is 60.5 Å². The number of aryl methyl sites for hydroxylation is 7. The number of hydrogen-bond donors (Lipinski definition) is 8. The third kappa shape index (κ3) is 31.1. The molecule has 2 aliphatic rings. The van der Waals surface area contributed by atoms with Crippen LogP contribution in [-0.4, -0.2) is 125 Å². The molecule has 5 amide bonds. The summed E-state index contributed by atoms with van der Waals surface area (Å²) in [5.74, 6) is -4.58. The van der Waals surface area contributed by atoms with Gasteiger partial charge in [0.25, 0.3) is 16.7 Å². The number of halogens is 3. The minimum atomic E-state index is -4.74. The first-order valence-corrected chi connectivity index (χ1v) is 47.6. The fourth-order valence-electron chi connectivity index (χ4n) is 17.5. The summed E-state index contributed by atoms with van der Waals surface area (Å²) in [5, 5.41) is 43.5. The van der Waals surface area contributed by atoms with Gasteiger partial charge in [-0.05, 0) is 264 Å². The lowest BCUT2D eigenvalue weighted by atomic mass is 9.93. The van der Waals surface area contributed by atoms with E-state index in [4.69, 9.17) is 0 Å². The van der Waals surface area contributed by atoms with Crippen molar-refractivity contribution in [3.63, 3.8) is 0 Å². The molecular weight excluding hydrogens is 1810 g/mol. The molecule has 0 spiro atoms. The number of carboxylic acids is 3. The van der Waals surface area contributed by atoms with E-state index < -0.39 is 96.3 Å². The van der Waals surface area contributed by atoms with Crippen molar-refractivity contribution < 1.29 is 71.6 Å². The zero-order chi connectivity index (χ0) is 104. The average molecular weight is 1950 g/mol. The van der Waals surface area contributed by atoms with Crippen molar-refractivity contribution in [3.05, 3.63) is 317 Å². The highest BCUT2D eigenvalue weighted by Gasteiger charge is 2.40. The van der Waals surface area contributed by atoms with Gasteiger partial charge in [0, 0.05) is 151 Å². The maximum Gasteiger partial charge on any atom is 0.433 e. The molecule has 2 unspecified atom stereocenters. The number of aromatic nitrogens is 8. The van der Waals surface area contributed by atoms with Crippen LogP contribution in [0.25, 0.3) is 39.0 Å². The number of carbonyl (C=O) groups is 9. The topological polar surface area (TPSA) is 408 Å². The maximum atomic E-state index is 13.8. The van der Waals surface area contributed by atoms with E-state index in [1.54, 1.807) is 105 Å². The van der Waals surface area contributed by atoms with Gasteiger partial charge >= 0.3 is 24.1 Å². The van der Waals surface area contributed by atoms with Crippen LogP contribution in [0.1, 0.15) is 262 Å². The van der Waals surface area contributed by atoms with Crippen LogP contribution in [0, 0.1) is 72.1 Å². The van der Waals surface area contributed by atoms with E-state index in [1.165, 1.54) is 55.9 Å². The van der Waals surface area contributed by atoms with Crippen LogP contribution in [0.4, 0.5) is 13.2 Å². The summed E-state index contributed by atoms with van der Waals surface area (Å²) in [6, 6.07) is 26.1. The van der Waals surface area contributed by atoms with Crippen LogP contribution < -0.4 is 43.3 Å². The quantitative estimate of drug-likeness (QED) is 0.0181. The standard InChI is InChI=1S/C28H34N4O3.C28H33N3O4.C27H32F3N3O4.C27H32N4O4/c1-17(2)9-25(32-8-7-18(3)10-26(32)34)28(35)31-24(11-21(6)33)22-12-23(16-30-15-22)27-19(4)13-29-14-20(27)5;1-17(2)13-25(31-12-7-6-11-26(31)32)28(35)30-24(16-27(33)34)22-10-8-9-21(15-22)23-14-18(3)19(4)29-20(23)5;1-16(2)12-22(33-11-7-6-10-23(33)34)26(37)32-21(14-24(35)36)18-13-20(19-9-5-4-8-17(19)3)25(31-15-18)27(28,29)30;1-16(2)10-23(31-9-7-17(3)11-24(31)32)27(35)30-22(13-25(33)34)20-12-21(15-28-14-20)26-18(4)6-8-29-19(26)5/h7-8,10,12-17,24-25H,9,11H2,1-6H3,(H,31,35);6-12,14-15,17,24-25,29H,4,13,16H2,1-3,5H3,(H,30,35)(H,33,34);4-5,8-9,13,15-16,21-22H,6-7,10-12,14H2,1-3H3,(H,32,37)(H,35,36);6-9,11-12,14-16,22-23H,10,13H2,1-5H3,(H,30,35)(H,33,34)/t24-,25-;24-,25+;21-,22?;22-,23?/m0000/s1. The number of nitrogens with one attached hydrogen (secondary N) is 5. The number of Topliss-reactive ketones (excluding diaryl/α,β-unsaturated/α-hetero) is 1. The van der Waals surface area contributed by atoms with Crippen LogP contribution in [0.2, 0.25) is 0 Å². The molecule has 1 fully saturated rings. The lowest BCUT2D eigenvalue weighted by Crippen LogP contribution is -2.52. The molecular formula is C110H131F3N14O15. The largest absolute Gasteiger partial charge is 0.481 e. The molecule has 0 bridgehead atoms. The van der Waals surface area contributed by atoms with E-state index in [1.807, 2.05) is 165 Å². The zero-order valence-corrected chi connectivity index (χ0v) is 83.9. The number of dihydropyridines is 1. The van der Waals surface area contributed by atoms with Gasteiger partial charge in [0.05, 0.1) is 43.4 Å². The second kappa shape index (κ2) is 50.9. The Morgan fingerprint density at radius 1 is 0.444 bits per heavy atom. The third-order valence-corrected chi connectivity index (χ3v) is 24.5. The number of rotatable bonds is 36. The number of piperidine rings is 1. The van der Waals surface area contributed by atoms with Crippen LogP contribution >= 0.6 is 0 Å². The summed E-state index contributed by atoms with van der Waals surface area (Å²) in [7, 11) is 0. The van der Waals surface area contributed by atoms with E-state index in [9.17, 15) is 86.0 Å². The lowest BCUT2D eigenvalue weighted by molar-refractivity contribution is -0.144. The van der Waals surface area contributed by atoms with Gasteiger partial charge in [-0.15, -0.1) is 0 Å². The molecule has 0 aliphatic carbocycles. The van der Waals surface area contributed by atoms with Crippen molar-refractivity contribution in [2.24, 2.45) is 23.7 Å². The Morgan fingerprint density at radius 3 is 1.36 bits per heavy atom. The molecule has 10 aromatic rings. The van der Waals surface area contributed by atoms with Crippen molar-refractivity contribution in [1.29, 1.82) is 0 Å². The Bertz CT molecular complexity index is 6270. The maximum absolute atomic E-state index is 13.8. The Morgan fingerprint density at radius 2 is 0.894 bits per heavy atom. The fraction of sp³-hybridized carbons (Fsp3) is 0.391. The molecule has 32 heteroatoms. The van der Waals surface area contributed by atoms with E-state index in [0.717, 1.165) is 108 Å². The summed E-state index contributed by atoms with van der Waals surface area (Å²) in [5.41, 5.74) is 14.8. The Hall–Kier alpha value is -14.7. The number of carboxylic acid groups (broad SMARTS) is 3. The summed E-state index contributed by atoms with van der Waals surface area (Å²) in [4.78, 5) is 174. The molecule has 2 aliphatic heterocycles. The highest BCUT2D eigenvalue weighted by molar-refractivity contribution is 5.90. The average Bonchev–Trinajstić information content (AvgIpc) is 0.814. The number of amides is 5. The zero-order valence-electron chi connectivity index (χ0n) is 83.9. The highest BCUT2D eigenvalue weighted by Crippen LogP contribution is 2.40. The van der Waals surface area contributed by atoms with Gasteiger partial charge in [-0.25, -0.2) is 0 Å². The molecule has 0 saturated carbocycles. The first kappa shape index (κ1) is 111. The van der Waals surface area contributed by atoms with Crippen LogP contribution in [0.3, 0.4) is 0 Å². The predicted molar refractivity (Wildman–Crippen MR) is 540 cm³/mol. The molecule has 8 aromatic heterocycles. The summed E-state index contributed by atoms with van der Waals surface area (Å²) < 4.78 is 45.8. The minimum Gasteiger partial charge on any atom is -0.481 e. The molecule has 29 nitrogen and oxygen atoms in total. The van der Waals surface area contributed by atoms with E-state index in [-0.39, 0.29) is 94.2 Å². The number of likely N-dealkylation sites (tertiary alicyclic amines) is 1. The van der Waals surface area contributed by atoms with Crippen molar-refractivity contribution in [3.8, 4) is 33.4 Å².